The van der Waals surface area contributed by atoms with E-state index < -0.39 is 10.0 Å². The maximum Gasteiger partial charge on any atom is 0.243 e. The largest absolute Gasteiger partial charge is 0.497 e. The van der Waals surface area contributed by atoms with Gasteiger partial charge in [0.05, 0.1) is 24.8 Å². The van der Waals surface area contributed by atoms with Gasteiger partial charge in [0.1, 0.15) is 11.5 Å². The first kappa shape index (κ1) is 22.1. The third kappa shape index (κ3) is 4.57. The van der Waals surface area contributed by atoms with Crippen molar-refractivity contribution in [3.8, 4) is 22.8 Å². The summed E-state index contributed by atoms with van der Waals surface area (Å²) in [7, 11) is -0.247. The van der Waals surface area contributed by atoms with Crippen LogP contribution in [0.1, 0.15) is 0 Å². The number of ether oxygens (including phenoxy) is 2. The maximum absolute atomic E-state index is 12.9. The van der Waals surface area contributed by atoms with E-state index in [2.05, 4.69) is 20.8 Å². The zero-order valence-electron chi connectivity index (χ0n) is 17.1. The van der Waals surface area contributed by atoms with Crippen LogP contribution in [0, 0.1) is 0 Å². The van der Waals surface area contributed by atoms with Crippen LogP contribution >= 0.6 is 27.3 Å². The van der Waals surface area contributed by atoms with E-state index in [1.54, 1.807) is 38.5 Å². The number of aromatic nitrogens is 1. The molecule has 0 bridgehead atoms. The molecule has 31 heavy (non-hydrogen) atoms. The fraction of sp³-hybridized carbons (Fsp3) is 0.286. The molecule has 0 unspecified atom stereocenters. The van der Waals surface area contributed by atoms with Crippen molar-refractivity contribution in [1.82, 2.24) is 9.29 Å². The average molecular weight is 524 g/mol. The summed E-state index contributed by atoms with van der Waals surface area (Å²) in [6.07, 6.45) is 0. The van der Waals surface area contributed by atoms with Crippen molar-refractivity contribution in [2.45, 2.75) is 4.90 Å². The van der Waals surface area contributed by atoms with Crippen LogP contribution in [-0.2, 0) is 10.0 Å². The van der Waals surface area contributed by atoms with Crippen LogP contribution in [0.5, 0.6) is 11.5 Å². The second-order valence-corrected chi connectivity index (χ2v) is 10.6. The fourth-order valence-electron chi connectivity index (χ4n) is 3.42. The minimum absolute atomic E-state index is 0.311. The molecule has 1 aliphatic rings. The molecule has 1 fully saturated rings. The molecule has 3 aromatic rings. The molecule has 0 amide bonds. The quantitative estimate of drug-likeness (QED) is 0.484. The van der Waals surface area contributed by atoms with Crippen molar-refractivity contribution in [3.05, 3.63) is 52.3 Å². The number of hydrogen-bond acceptors (Lipinski definition) is 7. The lowest BCUT2D eigenvalue weighted by atomic mass is 10.1. The lowest BCUT2D eigenvalue weighted by Gasteiger charge is -2.33. The first-order valence-corrected chi connectivity index (χ1v) is 12.7. The van der Waals surface area contributed by atoms with Gasteiger partial charge >= 0.3 is 0 Å². The van der Waals surface area contributed by atoms with Crippen LogP contribution < -0.4 is 14.4 Å². The molecule has 1 aliphatic heterocycles. The van der Waals surface area contributed by atoms with Crippen LogP contribution in [0.2, 0.25) is 0 Å². The van der Waals surface area contributed by atoms with Gasteiger partial charge in [0, 0.05) is 41.6 Å². The van der Waals surface area contributed by atoms with Gasteiger partial charge in [-0.1, -0.05) is 15.9 Å². The van der Waals surface area contributed by atoms with E-state index in [0.717, 1.165) is 32.4 Å². The molecule has 10 heteroatoms. The Kier molecular flexibility index (Phi) is 6.52. The highest BCUT2D eigenvalue weighted by atomic mass is 79.9. The smallest absolute Gasteiger partial charge is 0.243 e. The van der Waals surface area contributed by atoms with Gasteiger partial charge < -0.3 is 14.4 Å². The van der Waals surface area contributed by atoms with Crippen LogP contribution in [0.3, 0.4) is 0 Å². The van der Waals surface area contributed by atoms with Crippen LogP contribution in [0.25, 0.3) is 11.3 Å². The summed E-state index contributed by atoms with van der Waals surface area (Å²) in [5.41, 5.74) is 1.67. The van der Waals surface area contributed by atoms with Crippen molar-refractivity contribution < 1.29 is 17.9 Å². The van der Waals surface area contributed by atoms with Gasteiger partial charge in [-0.2, -0.15) is 4.31 Å². The Morgan fingerprint density at radius 3 is 2.35 bits per heavy atom. The molecule has 0 N–H and O–H groups in total. The van der Waals surface area contributed by atoms with Gasteiger partial charge in [0.25, 0.3) is 0 Å². The van der Waals surface area contributed by atoms with E-state index in [9.17, 15) is 8.42 Å². The molecular formula is C21H22BrN3O4S2. The van der Waals surface area contributed by atoms with Gasteiger partial charge in [0.2, 0.25) is 10.0 Å². The summed E-state index contributed by atoms with van der Waals surface area (Å²) in [6.45, 7) is 1.99. The van der Waals surface area contributed by atoms with Crippen LogP contribution in [0.15, 0.2) is 57.2 Å². The van der Waals surface area contributed by atoms with Gasteiger partial charge in [-0.05, 0) is 42.5 Å². The summed E-state index contributed by atoms with van der Waals surface area (Å²) < 4.78 is 39.0. The summed E-state index contributed by atoms with van der Waals surface area (Å²) in [5.74, 6) is 1.46. The first-order chi connectivity index (χ1) is 14.9. The van der Waals surface area contributed by atoms with E-state index in [0.29, 0.717) is 31.1 Å². The summed E-state index contributed by atoms with van der Waals surface area (Å²) in [4.78, 5) is 7.21. The third-order valence-corrected chi connectivity index (χ3v) is 8.48. The Labute approximate surface area is 194 Å². The van der Waals surface area contributed by atoms with Crippen molar-refractivity contribution in [2.75, 3.05) is 45.3 Å². The van der Waals surface area contributed by atoms with Gasteiger partial charge in [-0.25, -0.2) is 13.4 Å². The predicted octanol–water partition coefficient (Wildman–Crippen LogP) is 4.10. The minimum Gasteiger partial charge on any atom is -0.497 e. The van der Waals surface area contributed by atoms with Gasteiger partial charge in [0.15, 0.2) is 5.13 Å². The van der Waals surface area contributed by atoms with Crippen molar-refractivity contribution in [2.24, 2.45) is 0 Å². The summed E-state index contributed by atoms with van der Waals surface area (Å²) >= 11 is 4.88. The molecule has 0 saturated carbocycles. The van der Waals surface area contributed by atoms with Crippen molar-refractivity contribution in [3.63, 3.8) is 0 Å². The zero-order valence-corrected chi connectivity index (χ0v) is 20.3. The molecule has 1 aromatic heterocycles. The number of anilines is 1. The molecule has 4 rings (SSSR count). The highest BCUT2D eigenvalue weighted by Gasteiger charge is 2.29. The fourth-order valence-corrected chi connectivity index (χ4v) is 5.99. The third-order valence-electron chi connectivity index (χ3n) is 5.14. The Balaban J connectivity index is 1.48. The van der Waals surface area contributed by atoms with E-state index in [4.69, 9.17) is 14.5 Å². The second-order valence-electron chi connectivity index (χ2n) is 6.93. The van der Waals surface area contributed by atoms with Crippen molar-refractivity contribution in [1.29, 1.82) is 0 Å². The van der Waals surface area contributed by atoms with Crippen LogP contribution in [0.4, 0.5) is 5.13 Å². The first-order valence-electron chi connectivity index (χ1n) is 9.61. The molecular weight excluding hydrogens is 502 g/mol. The topological polar surface area (TPSA) is 72.0 Å². The monoisotopic (exact) mass is 523 g/mol. The highest BCUT2D eigenvalue weighted by molar-refractivity contribution is 9.10. The summed E-state index contributed by atoms with van der Waals surface area (Å²) in [5, 5.41) is 2.85. The standard InChI is InChI=1S/C21H22BrN3O4S2/c1-28-16-5-8-20(29-2)18(13-16)19-14-30-21(23-19)24-9-11-25(12-10-24)31(26,27)17-6-3-15(22)4-7-17/h3-8,13-14H,9-12H2,1-2H3. The van der Waals surface area contributed by atoms with Gasteiger partial charge in [-0.3, -0.25) is 0 Å². The van der Waals surface area contributed by atoms with Crippen molar-refractivity contribution >= 4 is 42.4 Å². The number of nitrogens with zero attached hydrogens (tertiary/aromatic N) is 3. The van der Waals surface area contributed by atoms with E-state index in [-0.39, 0.29) is 0 Å². The average Bonchev–Trinajstić information content (AvgIpc) is 3.29. The number of sulfonamides is 1. The molecule has 164 valence electrons. The number of methoxy groups -OCH3 is 2. The SMILES string of the molecule is COc1ccc(OC)c(-c2csc(N3CCN(S(=O)(=O)c4ccc(Br)cc4)CC3)n2)c1. The Morgan fingerprint density at radius 1 is 1.00 bits per heavy atom. The number of rotatable bonds is 6. The van der Waals surface area contributed by atoms with Crippen LogP contribution in [-0.4, -0.2) is 58.1 Å². The molecule has 7 nitrogen and oxygen atoms in total. The van der Waals surface area contributed by atoms with E-state index >= 15 is 0 Å². The van der Waals surface area contributed by atoms with E-state index in [1.807, 2.05) is 23.6 Å². The maximum atomic E-state index is 12.9. The van der Waals surface area contributed by atoms with Gasteiger partial charge in [-0.15, -0.1) is 11.3 Å². The molecule has 0 aliphatic carbocycles. The highest BCUT2D eigenvalue weighted by Crippen LogP contribution is 2.36. The normalized spacial score (nSPS) is 15.1. The Morgan fingerprint density at radius 2 is 1.71 bits per heavy atom. The number of hydrogen-bond donors (Lipinski definition) is 0. The van der Waals surface area contributed by atoms with E-state index in [1.165, 1.54) is 15.6 Å². The predicted molar refractivity (Wildman–Crippen MR) is 126 cm³/mol. The number of benzene rings is 2. The number of piperazine rings is 1. The number of halogens is 1. The number of thiazole rings is 1. The molecule has 0 atom stereocenters. The summed E-state index contributed by atoms with van der Waals surface area (Å²) in [6, 6.07) is 12.3. The lowest BCUT2D eigenvalue weighted by molar-refractivity contribution is 0.384. The molecule has 2 aromatic carbocycles. The second kappa shape index (κ2) is 9.15. The molecule has 1 saturated heterocycles. The molecule has 2 heterocycles. The molecule has 0 spiro atoms. The molecule has 0 radical (unpaired) electrons. The zero-order chi connectivity index (χ0) is 22.0. The Bertz CT molecular complexity index is 1160. The lowest BCUT2D eigenvalue weighted by Crippen LogP contribution is -2.48. The minimum atomic E-state index is -3.50. The Hall–Kier alpha value is -2.14.